The average Bonchev–Trinajstić information content (AvgIpc) is 2.58. The monoisotopic (exact) mass is 396 g/mol. The molecule has 0 amide bonds. The lowest BCUT2D eigenvalue weighted by molar-refractivity contribution is -0.121. The van der Waals surface area contributed by atoms with Crippen LogP contribution in [0, 0.1) is 0 Å². The van der Waals surface area contributed by atoms with E-state index in [1.807, 2.05) is 0 Å². The summed E-state index contributed by atoms with van der Waals surface area (Å²) in [5.74, 6) is -1.10. The van der Waals surface area contributed by atoms with E-state index in [-0.39, 0.29) is 15.8 Å². The van der Waals surface area contributed by atoms with Crippen LogP contribution >= 0.6 is 0 Å². The summed E-state index contributed by atoms with van der Waals surface area (Å²) in [7, 11) is -6.79. The lowest BCUT2D eigenvalue weighted by atomic mass is 9.87. The van der Waals surface area contributed by atoms with Gasteiger partial charge in [-0.2, -0.15) is 0 Å². The highest BCUT2D eigenvalue weighted by Crippen LogP contribution is 2.26. The highest BCUT2D eigenvalue weighted by atomic mass is 32.2. The lowest BCUT2D eigenvalue weighted by Crippen LogP contribution is -2.17. The highest BCUT2D eigenvalue weighted by Gasteiger charge is 2.24. The number of sulfone groups is 2. The highest BCUT2D eigenvalue weighted by molar-refractivity contribution is 7.90. The van der Waals surface area contributed by atoms with Crippen molar-refractivity contribution in [2.24, 2.45) is 0 Å². The van der Waals surface area contributed by atoms with Crippen molar-refractivity contribution in [3.63, 3.8) is 0 Å². The van der Waals surface area contributed by atoms with Gasteiger partial charge in [0.05, 0.1) is 0 Å². The van der Waals surface area contributed by atoms with Crippen molar-refractivity contribution >= 4 is 25.5 Å². The Bertz CT molecular complexity index is 928. The predicted octanol–water partition coefficient (Wildman–Crippen LogP) is 1.76. The van der Waals surface area contributed by atoms with Gasteiger partial charge in [-0.1, -0.05) is 26.0 Å². The number of nitrogens with zero attached hydrogens (tertiary/aromatic N) is 2. The molecule has 2 atom stereocenters. The second kappa shape index (κ2) is 7.24. The Kier molecular flexibility index (Phi) is 5.62. The van der Waals surface area contributed by atoms with Crippen molar-refractivity contribution in [3.05, 3.63) is 47.8 Å². The smallest absolute Gasteiger partial charge is 0.192 e. The van der Waals surface area contributed by atoms with E-state index in [1.165, 1.54) is 24.5 Å². The molecular formula is C17H20N2O5S2. The van der Waals surface area contributed by atoms with E-state index in [4.69, 9.17) is 0 Å². The summed E-state index contributed by atoms with van der Waals surface area (Å²) in [4.78, 5) is 20.5. The molecule has 2 unspecified atom stereocenters. The van der Waals surface area contributed by atoms with E-state index >= 15 is 0 Å². The first-order chi connectivity index (χ1) is 11.9. The standard InChI is InChI=1S/C17H20N2O5S2/c1-11(13-5-7-15(18-9-13)25(3,21)22)17(20)12(2)14-6-8-16(19-10-14)26(4,23)24/h5-12H,1-4H3. The summed E-state index contributed by atoms with van der Waals surface area (Å²) in [6, 6.07) is 5.90. The normalized spacial score (nSPS) is 14.6. The van der Waals surface area contributed by atoms with Crippen molar-refractivity contribution in [2.45, 2.75) is 35.7 Å². The zero-order chi connectivity index (χ0) is 19.7. The maximum Gasteiger partial charge on any atom is 0.192 e. The van der Waals surface area contributed by atoms with Crippen LogP contribution in [0.3, 0.4) is 0 Å². The first-order valence-electron chi connectivity index (χ1n) is 7.77. The van der Waals surface area contributed by atoms with Crippen LogP contribution in [-0.4, -0.2) is 45.1 Å². The lowest BCUT2D eigenvalue weighted by Gasteiger charge is -2.17. The first-order valence-corrected chi connectivity index (χ1v) is 11.6. The Morgan fingerprint density at radius 1 is 0.769 bits per heavy atom. The number of carbonyl (C=O) groups is 1. The average molecular weight is 396 g/mol. The van der Waals surface area contributed by atoms with Gasteiger partial charge < -0.3 is 0 Å². The fourth-order valence-electron chi connectivity index (χ4n) is 2.44. The van der Waals surface area contributed by atoms with Crippen LogP contribution in [0.4, 0.5) is 0 Å². The van der Waals surface area contributed by atoms with Crippen LogP contribution in [0.25, 0.3) is 0 Å². The second-order valence-electron chi connectivity index (χ2n) is 6.25. The number of carbonyl (C=O) groups excluding carboxylic acids is 1. The van der Waals surface area contributed by atoms with Crippen LogP contribution in [0.5, 0.6) is 0 Å². The van der Waals surface area contributed by atoms with Gasteiger partial charge in [-0.25, -0.2) is 26.8 Å². The summed E-state index contributed by atoms with van der Waals surface area (Å²) in [5.41, 5.74) is 1.21. The Morgan fingerprint density at radius 3 is 1.35 bits per heavy atom. The molecular weight excluding hydrogens is 376 g/mol. The number of ketones is 1. The molecule has 9 heteroatoms. The van der Waals surface area contributed by atoms with Gasteiger partial charge in [0, 0.05) is 36.7 Å². The Labute approximate surface area is 153 Å². The molecule has 26 heavy (non-hydrogen) atoms. The van der Waals surface area contributed by atoms with Crippen molar-refractivity contribution < 1.29 is 21.6 Å². The van der Waals surface area contributed by atoms with Crippen molar-refractivity contribution in [1.82, 2.24) is 9.97 Å². The molecule has 0 aliphatic rings. The summed E-state index contributed by atoms with van der Waals surface area (Å²) >= 11 is 0. The molecule has 0 spiro atoms. The maximum atomic E-state index is 12.7. The molecule has 140 valence electrons. The van der Waals surface area contributed by atoms with Gasteiger partial charge >= 0.3 is 0 Å². The minimum absolute atomic E-state index is 0.0467. The van der Waals surface area contributed by atoms with Gasteiger partial charge in [-0.15, -0.1) is 0 Å². The van der Waals surface area contributed by atoms with E-state index in [2.05, 4.69) is 9.97 Å². The zero-order valence-corrected chi connectivity index (χ0v) is 16.5. The quantitative estimate of drug-likeness (QED) is 0.731. The maximum absolute atomic E-state index is 12.7. The number of pyridine rings is 2. The summed E-state index contributed by atoms with van der Waals surface area (Å²) in [6.45, 7) is 3.43. The molecule has 0 fully saturated rings. The largest absolute Gasteiger partial charge is 0.298 e. The molecule has 0 N–H and O–H groups in total. The number of hydrogen-bond acceptors (Lipinski definition) is 7. The van der Waals surface area contributed by atoms with Crippen molar-refractivity contribution in [3.8, 4) is 0 Å². The topological polar surface area (TPSA) is 111 Å². The molecule has 2 aromatic heterocycles. The van der Waals surface area contributed by atoms with E-state index in [0.29, 0.717) is 11.1 Å². The fraction of sp³-hybridized carbons (Fsp3) is 0.353. The Hall–Kier alpha value is -2.13. The van der Waals surface area contributed by atoms with Crippen LogP contribution in [0.15, 0.2) is 46.7 Å². The predicted molar refractivity (Wildman–Crippen MR) is 96.5 cm³/mol. The van der Waals surface area contributed by atoms with E-state index in [1.54, 1.807) is 26.0 Å². The van der Waals surface area contributed by atoms with Gasteiger partial charge in [-0.3, -0.25) is 4.79 Å². The minimum atomic E-state index is -3.39. The van der Waals surface area contributed by atoms with Crippen LogP contribution in [-0.2, 0) is 24.5 Å². The molecule has 0 aliphatic carbocycles. The molecule has 7 nitrogen and oxygen atoms in total. The van der Waals surface area contributed by atoms with Crippen LogP contribution in [0.2, 0.25) is 0 Å². The Morgan fingerprint density at radius 2 is 1.12 bits per heavy atom. The summed E-state index contributed by atoms with van der Waals surface area (Å²) in [6.07, 6.45) is 4.91. The van der Waals surface area contributed by atoms with Gasteiger partial charge in [0.1, 0.15) is 5.78 Å². The van der Waals surface area contributed by atoms with Gasteiger partial charge in [0.15, 0.2) is 29.7 Å². The Balaban J connectivity index is 2.22. The SMILES string of the molecule is CC(C(=O)C(C)c1ccc(S(C)(=O)=O)nc1)c1ccc(S(C)(=O)=O)nc1. The minimum Gasteiger partial charge on any atom is -0.298 e. The molecule has 2 aromatic rings. The zero-order valence-electron chi connectivity index (χ0n) is 14.9. The number of rotatable bonds is 6. The van der Waals surface area contributed by atoms with Gasteiger partial charge in [-0.05, 0) is 23.3 Å². The third kappa shape index (κ3) is 4.53. The molecule has 0 radical (unpaired) electrons. The molecule has 0 saturated heterocycles. The number of hydrogen-bond donors (Lipinski definition) is 0. The second-order valence-corrected chi connectivity index (χ2v) is 10.2. The van der Waals surface area contributed by atoms with E-state index in [0.717, 1.165) is 12.5 Å². The van der Waals surface area contributed by atoms with Crippen LogP contribution < -0.4 is 0 Å². The molecule has 0 aliphatic heterocycles. The molecule has 0 saturated carbocycles. The fourth-order valence-corrected chi connectivity index (χ4v) is 3.56. The molecule has 2 rings (SSSR count). The van der Waals surface area contributed by atoms with Crippen LogP contribution in [0.1, 0.15) is 36.8 Å². The molecule has 0 bridgehead atoms. The molecule has 2 heterocycles. The van der Waals surface area contributed by atoms with E-state index < -0.39 is 31.5 Å². The third-order valence-electron chi connectivity index (χ3n) is 4.13. The number of Topliss-reactive ketones (excluding diaryl/α,β-unsaturated/α-hetero) is 1. The third-order valence-corrected chi connectivity index (χ3v) is 6.13. The number of aromatic nitrogens is 2. The first kappa shape index (κ1) is 20.2. The van der Waals surface area contributed by atoms with Gasteiger partial charge in [0.25, 0.3) is 0 Å². The summed E-state index contributed by atoms with van der Waals surface area (Å²) < 4.78 is 45.8. The van der Waals surface area contributed by atoms with E-state index in [9.17, 15) is 21.6 Å². The van der Waals surface area contributed by atoms with Crippen molar-refractivity contribution in [2.75, 3.05) is 12.5 Å². The summed E-state index contributed by atoms with van der Waals surface area (Å²) in [5, 5.41) is -0.0935. The molecule has 0 aromatic carbocycles. The van der Waals surface area contributed by atoms with Gasteiger partial charge in [0.2, 0.25) is 0 Å². The van der Waals surface area contributed by atoms with Crippen molar-refractivity contribution in [1.29, 1.82) is 0 Å².